The summed E-state index contributed by atoms with van der Waals surface area (Å²) in [5.41, 5.74) is 2.96. The van der Waals surface area contributed by atoms with Crippen LogP contribution < -0.4 is 10.2 Å². The molecule has 1 aliphatic heterocycles. The highest BCUT2D eigenvalue weighted by molar-refractivity contribution is 5.55. The SMILES string of the molecule is CC(C)N1CC(C)(C)NCc2ccccc21. The summed E-state index contributed by atoms with van der Waals surface area (Å²) < 4.78 is 0. The first-order valence-electron chi connectivity index (χ1n) is 6.09. The Morgan fingerprint density at radius 2 is 1.94 bits per heavy atom. The smallest absolute Gasteiger partial charge is 0.0414 e. The molecule has 2 rings (SSSR count). The van der Waals surface area contributed by atoms with Crippen molar-refractivity contribution in [3.8, 4) is 0 Å². The zero-order valence-electron chi connectivity index (χ0n) is 10.7. The maximum Gasteiger partial charge on any atom is 0.0414 e. The summed E-state index contributed by atoms with van der Waals surface area (Å²) in [4.78, 5) is 2.50. The normalized spacial score (nSPS) is 19.4. The van der Waals surface area contributed by atoms with Crippen molar-refractivity contribution in [2.75, 3.05) is 11.4 Å². The molecule has 0 radical (unpaired) electrons. The topological polar surface area (TPSA) is 15.3 Å². The minimum absolute atomic E-state index is 0.170. The number of nitrogens with one attached hydrogen (secondary N) is 1. The van der Waals surface area contributed by atoms with E-state index in [1.807, 2.05) is 0 Å². The third-order valence-corrected chi connectivity index (χ3v) is 3.25. The molecule has 0 fully saturated rings. The number of hydrogen-bond acceptors (Lipinski definition) is 2. The Morgan fingerprint density at radius 3 is 2.62 bits per heavy atom. The van der Waals surface area contributed by atoms with E-state index in [0.717, 1.165) is 13.1 Å². The van der Waals surface area contributed by atoms with E-state index in [-0.39, 0.29) is 5.54 Å². The van der Waals surface area contributed by atoms with Crippen molar-refractivity contribution in [3.63, 3.8) is 0 Å². The highest BCUT2D eigenvalue weighted by Crippen LogP contribution is 2.27. The Kier molecular flexibility index (Phi) is 2.94. The number of benzene rings is 1. The molecule has 0 aromatic heterocycles. The zero-order valence-corrected chi connectivity index (χ0v) is 10.7. The van der Waals surface area contributed by atoms with Crippen LogP contribution in [0.25, 0.3) is 0 Å². The van der Waals surface area contributed by atoms with E-state index in [4.69, 9.17) is 0 Å². The van der Waals surface area contributed by atoms with Crippen LogP contribution >= 0.6 is 0 Å². The minimum atomic E-state index is 0.170. The van der Waals surface area contributed by atoms with Gasteiger partial charge in [-0.3, -0.25) is 0 Å². The molecular formula is C14H22N2. The van der Waals surface area contributed by atoms with Crippen LogP contribution in [0.4, 0.5) is 5.69 Å². The van der Waals surface area contributed by atoms with Crippen molar-refractivity contribution in [2.24, 2.45) is 0 Å². The van der Waals surface area contributed by atoms with Gasteiger partial charge in [0.25, 0.3) is 0 Å². The van der Waals surface area contributed by atoms with Gasteiger partial charge in [-0.25, -0.2) is 0 Å². The number of fused-ring (bicyclic) bond motifs is 1. The first kappa shape index (κ1) is 11.5. The molecule has 1 aromatic rings. The molecule has 0 atom stereocenters. The highest BCUT2D eigenvalue weighted by atomic mass is 15.2. The molecule has 2 nitrogen and oxygen atoms in total. The van der Waals surface area contributed by atoms with Crippen molar-refractivity contribution in [3.05, 3.63) is 29.8 Å². The van der Waals surface area contributed by atoms with Crippen LogP contribution in [0.1, 0.15) is 33.3 Å². The largest absolute Gasteiger partial charge is 0.367 e. The lowest BCUT2D eigenvalue weighted by molar-refractivity contribution is 0.388. The third-order valence-electron chi connectivity index (χ3n) is 3.25. The molecule has 0 aliphatic carbocycles. The van der Waals surface area contributed by atoms with E-state index in [2.05, 4.69) is 62.2 Å². The van der Waals surface area contributed by atoms with Gasteiger partial charge in [-0.1, -0.05) is 18.2 Å². The first-order valence-corrected chi connectivity index (χ1v) is 6.09. The van der Waals surface area contributed by atoms with E-state index in [9.17, 15) is 0 Å². The van der Waals surface area contributed by atoms with Crippen LogP contribution in [0.3, 0.4) is 0 Å². The van der Waals surface area contributed by atoms with Gasteiger partial charge in [0.1, 0.15) is 0 Å². The van der Waals surface area contributed by atoms with Gasteiger partial charge in [0.15, 0.2) is 0 Å². The zero-order chi connectivity index (χ0) is 11.8. The molecule has 0 amide bonds. The van der Waals surface area contributed by atoms with Gasteiger partial charge in [0, 0.05) is 30.4 Å². The van der Waals surface area contributed by atoms with Crippen molar-refractivity contribution >= 4 is 5.69 Å². The third kappa shape index (κ3) is 2.22. The summed E-state index contributed by atoms with van der Waals surface area (Å²) in [6.45, 7) is 11.1. The van der Waals surface area contributed by atoms with Crippen molar-refractivity contribution in [1.29, 1.82) is 0 Å². The van der Waals surface area contributed by atoms with Gasteiger partial charge < -0.3 is 10.2 Å². The summed E-state index contributed by atoms with van der Waals surface area (Å²) >= 11 is 0. The summed E-state index contributed by atoms with van der Waals surface area (Å²) in [7, 11) is 0. The fourth-order valence-electron chi connectivity index (χ4n) is 2.30. The highest BCUT2D eigenvalue weighted by Gasteiger charge is 2.27. The molecule has 0 saturated carbocycles. The van der Waals surface area contributed by atoms with E-state index in [1.54, 1.807) is 0 Å². The second-order valence-electron chi connectivity index (χ2n) is 5.59. The van der Waals surface area contributed by atoms with E-state index < -0.39 is 0 Å². The number of nitrogens with zero attached hydrogens (tertiary/aromatic N) is 1. The van der Waals surface area contributed by atoms with Gasteiger partial charge in [-0.15, -0.1) is 0 Å². The molecule has 2 heteroatoms. The maximum absolute atomic E-state index is 3.62. The van der Waals surface area contributed by atoms with E-state index in [0.29, 0.717) is 6.04 Å². The number of hydrogen-bond donors (Lipinski definition) is 1. The van der Waals surface area contributed by atoms with Crippen LogP contribution in [0.5, 0.6) is 0 Å². The first-order chi connectivity index (χ1) is 7.49. The number of rotatable bonds is 1. The summed E-state index contributed by atoms with van der Waals surface area (Å²) in [5.74, 6) is 0. The number of anilines is 1. The van der Waals surface area contributed by atoms with Gasteiger partial charge in [0.2, 0.25) is 0 Å². The number of para-hydroxylation sites is 1. The van der Waals surface area contributed by atoms with Crippen LogP contribution in [-0.2, 0) is 6.54 Å². The predicted octanol–water partition coefficient (Wildman–Crippen LogP) is 2.78. The molecule has 0 spiro atoms. The second kappa shape index (κ2) is 4.10. The van der Waals surface area contributed by atoms with Gasteiger partial charge >= 0.3 is 0 Å². The van der Waals surface area contributed by atoms with Crippen molar-refractivity contribution in [2.45, 2.75) is 45.8 Å². The maximum atomic E-state index is 3.62. The van der Waals surface area contributed by atoms with Crippen LogP contribution in [-0.4, -0.2) is 18.1 Å². The van der Waals surface area contributed by atoms with E-state index >= 15 is 0 Å². The van der Waals surface area contributed by atoms with Gasteiger partial charge in [-0.2, -0.15) is 0 Å². The fourth-order valence-corrected chi connectivity index (χ4v) is 2.30. The fraction of sp³-hybridized carbons (Fsp3) is 0.571. The monoisotopic (exact) mass is 218 g/mol. The van der Waals surface area contributed by atoms with E-state index in [1.165, 1.54) is 11.3 Å². The second-order valence-corrected chi connectivity index (χ2v) is 5.59. The lowest BCUT2D eigenvalue weighted by Crippen LogP contribution is -2.48. The quantitative estimate of drug-likeness (QED) is 0.779. The van der Waals surface area contributed by atoms with Crippen LogP contribution in [0, 0.1) is 0 Å². The molecule has 1 aliphatic rings. The molecule has 1 N–H and O–H groups in total. The molecule has 1 heterocycles. The summed E-state index contributed by atoms with van der Waals surface area (Å²) in [5, 5.41) is 3.62. The molecule has 16 heavy (non-hydrogen) atoms. The molecule has 0 saturated heterocycles. The van der Waals surface area contributed by atoms with Crippen LogP contribution in [0.2, 0.25) is 0 Å². The van der Waals surface area contributed by atoms with Gasteiger partial charge in [0.05, 0.1) is 0 Å². The molecule has 1 aromatic carbocycles. The van der Waals surface area contributed by atoms with Gasteiger partial charge in [-0.05, 0) is 39.3 Å². The Balaban J connectivity index is 2.41. The standard InChI is InChI=1S/C14H22N2/c1-11(2)16-10-14(3,4)15-9-12-7-5-6-8-13(12)16/h5-8,11,15H,9-10H2,1-4H3. The Bertz CT molecular complexity index is 369. The molecule has 0 bridgehead atoms. The molecule has 0 unspecified atom stereocenters. The average Bonchev–Trinajstić information content (AvgIpc) is 2.36. The Morgan fingerprint density at radius 1 is 1.25 bits per heavy atom. The minimum Gasteiger partial charge on any atom is -0.367 e. The molecular weight excluding hydrogens is 196 g/mol. The Labute approximate surface area is 98.7 Å². The van der Waals surface area contributed by atoms with Crippen molar-refractivity contribution in [1.82, 2.24) is 5.32 Å². The van der Waals surface area contributed by atoms with Crippen molar-refractivity contribution < 1.29 is 0 Å². The predicted molar refractivity (Wildman–Crippen MR) is 69.8 cm³/mol. The van der Waals surface area contributed by atoms with Crippen LogP contribution in [0.15, 0.2) is 24.3 Å². The average molecular weight is 218 g/mol. The molecule has 88 valence electrons. The summed E-state index contributed by atoms with van der Waals surface area (Å²) in [6, 6.07) is 9.25. The Hall–Kier alpha value is -1.02. The lowest BCUT2D eigenvalue weighted by atomic mass is 10.0. The summed E-state index contributed by atoms with van der Waals surface area (Å²) in [6.07, 6.45) is 0. The lowest BCUT2D eigenvalue weighted by Gasteiger charge is -2.35.